The van der Waals surface area contributed by atoms with Gasteiger partial charge in [-0.2, -0.15) is 0 Å². The molecule has 0 heterocycles. The molecular weight excluding hydrogens is 236 g/mol. The van der Waals surface area contributed by atoms with Crippen molar-refractivity contribution in [2.45, 2.75) is 0 Å². The molecule has 0 rings (SSSR count). The fraction of sp³-hybridized carbons (Fsp3) is 0.222. The Bertz CT molecular complexity index is 424. The molecule has 0 unspecified atom stereocenters. The highest BCUT2D eigenvalue weighted by Gasteiger charge is 2.27. The fourth-order valence-corrected chi connectivity index (χ4v) is 4.19. The van der Waals surface area contributed by atoms with Crippen molar-refractivity contribution >= 4 is 19.7 Å². The third-order valence-corrected chi connectivity index (χ3v) is 5.79. The zero-order valence-electron chi connectivity index (χ0n) is 8.09. The van der Waals surface area contributed by atoms with Gasteiger partial charge in [-0.05, 0) is 13.0 Å². The van der Waals surface area contributed by atoms with E-state index in [2.05, 4.69) is 13.2 Å². The van der Waals surface area contributed by atoms with Crippen molar-refractivity contribution in [3.63, 3.8) is 0 Å². The van der Waals surface area contributed by atoms with E-state index in [1.54, 1.807) is 0 Å². The van der Waals surface area contributed by atoms with Crippen LogP contribution in [-0.4, -0.2) is 28.3 Å². The van der Waals surface area contributed by atoms with Crippen molar-refractivity contribution in [2.75, 3.05) is 11.5 Å². The van der Waals surface area contributed by atoms with Crippen LogP contribution in [0.2, 0.25) is 0 Å². The molecule has 0 N–H and O–H groups in total. The van der Waals surface area contributed by atoms with Crippen LogP contribution in [-0.2, 0) is 19.7 Å². The van der Waals surface area contributed by atoms with Crippen LogP contribution in [0.4, 0.5) is 0 Å². The standard InChI is InChI=1S/C9H12O4S2/c1-4-7-14(10,11)9(6-3)15(12,13)8-5-2/h3-6H,1-2,7-8H2. The summed E-state index contributed by atoms with van der Waals surface area (Å²) in [5, 5.41) is 0. The Hall–Kier alpha value is -0.880. The van der Waals surface area contributed by atoms with E-state index in [4.69, 9.17) is 6.92 Å². The van der Waals surface area contributed by atoms with Crippen molar-refractivity contribution in [1.82, 2.24) is 0 Å². The van der Waals surface area contributed by atoms with Gasteiger partial charge in [-0.25, -0.2) is 16.8 Å². The summed E-state index contributed by atoms with van der Waals surface area (Å²) in [6, 6.07) is 0. The Labute approximate surface area is 90.8 Å². The second-order valence-corrected chi connectivity index (χ2v) is 6.89. The normalized spacial score (nSPS) is 11.8. The molecule has 6 heteroatoms. The molecule has 4 nitrogen and oxygen atoms in total. The van der Waals surface area contributed by atoms with Crippen LogP contribution >= 0.6 is 0 Å². The van der Waals surface area contributed by atoms with E-state index in [1.165, 1.54) is 0 Å². The molecule has 0 bridgehead atoms. The lowest BCUT2D eigenvalue weighted by Crippen LogP contribution is -2.18. The third kappa shape index (κ3) is 3.64. The molecule has 84 valence electrons. The Morgan fingerprint density at radius 2 is 1.33 bits per heavy atom. The average molecular weight is 248 g/mol. The highest BCUT2D eigenvalue weighted by Crippen LogP contribution is 2.16. The molecule has 0 saturated heterocycles. The smallest absolute Gasteiger partial charge is 0.192 e. The molecule has 0 aromatic rings. The maximum atomic E-state index is 11.5. The first-order valence-corrected chi connectivity index (χ1v) is 7.21. The van der Waals surface area contributed by atoms with Crippen LogP contribution in [0.1, 0.15) is 0 Å². The van der Waals surface area contributed by atoms with Gasteiger partial charge in [0, 0.05) is 0 Å². The summed E-state index contributed by atoms with van der Waals surface area (Å²) in [4.78, 5) is 0. The van der Waals surface area contributed by atoms with E-state index in [1.807, 2.05) is 0 Å². The first-order valence-electron chi connectivity index (χ1n) is 3.91. The van der Waals surface area contributed by atoms with Crippen LogP contribution in [0.3, 0.4) is 0 Å². The van der Waals surface area contributed by atoms with Crippen molar-refractivity contribution in [2.24, 2.45) is 0 Å². The van der Waals surface area contributed by atoms with Gasteiger partial charge in [-0.15, -0.1) is 13.2 Å². The topological polar surface area (TPSA) is 68.3 Å². The van der Waals surface area contributed by atoms with Crippen molar-refractivity contribution in [1.29, 1.82) is 0 Å². The van der Waals surface area contributed by atoms with Gasteiger partial charge in [0.25, 0.3) is 0 Å². The zero-order chi connectivity index (χ0) is 12.1. The van der Waals surface area contributed by atoms with Gasteiger partial charge in [0.15, 0.2) is 23.9 Å². The van der Waals surface area contributed by atoms with Crippen LogP contribution < -0.4 is 0 Å². The van der Waals surface area contributed by atoms with Crippen LogP contribution in [0.5, 0.6) is 0 Å². The van der Waals surface area contributed by atoms with E-state index in [0.29, 0.717) is 6.08 Å². The first-order chi connectivity index (χ1) is 6.81. The van der Waals surface area contributed by atoms with E-state index in [9.17, 15) is 16.8 Å². The number of allylic oxidation sites excluding steroid dienone is 1. The number of hydrogen-bond donors (Lipinski definition) is 0. The Morgan fingerprint density at radius 3 is 1.53 bits per heavy atom. The quantitative estimate of drug-likeness (QED) is 0.650. The molecule has 0 atom stereocenters. The molecule has 0 aliphatic rings. The molecule has 0 spiro atoms. The predicted octanol–water partition coefficient (Wildman–Crippen LogP) is 0.740. The highest BCUT2D eigenvalue weighted by molar-refractivity contribution is 8.14. The summed E-state index contributed by atoms with van der Waals surface area (Å²) in [5.41, 5.74) is 0. The molecule has 0 aromatic heterocycles. The van der Waals surface area contributed by atoms with Crippen molar-refractivity contribution < 1.29 is 16.8 Å². The highest BCUT2D eigenvalue weighted by atomic mass is 32.3. The zero-order valence-corrected chi connectivity index (χ0v) is 9.72. The van der Waals surface area contributed by atoms with Crippen LogP contribution in [0, 0.1) is 6.92 Å². The largest absolute Gasteiger partial charge is 0.223 e. The van der Waals surface area contributed by atoms with Gasteiger partial charge in [0.1, 0.15) is 0 Å². The third-order valence-electron chi connectivity index (χ3n) is 1.42. The molecule has 0 aliphatic heterocycles. The monoisotopic (exact) mass is 248 g/mol. The molecule has 15 heavy (non-hydrogen) atoms. The van der Waals surface area contributed by atoms with Gasteiger partial charge in [0.2, 0.25) is 0 Å². The lowest BCUT2D eigenvalue weighted by Gasteiger charge is -2.06. The lowest BCUT2D eigenvalue weighted by atomic mass is 10.8. The minimum Gasteiger partial charge on any atom is -0.223 e. The Balaban J connectivity index is 5.49. The van der Waals surface area contributed by atoms with Gasteiger partial charge in [-0.1, -0.05) is 12.2 Å². The lowest BCUT2D eigenvalue weighted by molar-refractivity contribution is 0.598. The molecule has 0 fully saturated rings. The summed E-state index contributed by atoms with van der Waals surface area (Å²) >= 11 is 0. The van der Waals surface area contributed by atoms with Gasteiger partial charge in [-0.3, -0.25) is 0 Å². The van der Waals surface area contributed by atoms with Gasteiger partial charge < -0.3 is 0 Å². The molecule has 0 saturated carbocycles. The summed E-state index contributed by atoms with van der Waals surface area (Å²) in [6.45, 7) is 11.5. The average Bonchev–Trinajstić information content (AvgIpc) is 2.02. The second-order valence-electron chi connectivity index (χ2n) is 2.63. The van der Waals surface area contributed by atoms with Crippen molar-refractivity contribution in [3.05, 3.63) is 42.5 Å². The van der Waals surface area contributed by atoms with E-state index >= 15 is 0 Å². The maximum absolute atomic E-state index is 11.5. The number of hydrogen-bond acceptors (Lipinski definition) is 4. The SMILES string of the molecule is [CH]C=C(S(=O)(=O)CC=C)S(=O)(=O)CC=C. The Kier molecular flexibility index (Phi) is 4.96. The second kappa shape index (κ2) is 5.27. The summed E-state index contributed by atoms with van der Waals surface area (Å²) in [5.74, 6) is -0.932. The van der Waals surface area contributed by atoms with E-state index in [-0.39, 0.29) is 0 Å². The van der Waals surface area contributed by atoms with E-state index in [0.717, 1.165) is 12.2 Å². The minimum atomic E-state index is -3.92. The summed E-state index contributed by atoms with van der Waals surface area (Å²) in [6.07, 6.45) is 2.78. The first kappa shape index (κ1) is 14.1. The number of rotatable bonds is 6. The summed E-state index contributed by atoms with van der Waals surface area (Å²) in [7, 11) is -7.84. The van der Waals surface area contributed by atoms with Gasteiger partial charge in [0.05, 0.1) is 11.5 Å². The number of sulfone groups is 2. The molecule has 2 radical (unpaired) electrons. The molecule has 0 aliphatic carbocycles. The van der Waals surface area contributed by atoms with Crippen molar-refractivity contribution in [3.8, 4) is 0 Å². The molecular formula is C9H12O4S2. The molecule has 0 aromatic carbocycles. The molecule has 0 amide bonds. The maximum Gasteiger partial charge on any atom is 0.192 e. The minimum absolute atomic E-state index is 0.466. The summed E-state index contributed by atoms with van der Waals surface area (Å²) < 4.78 is 45.0. The Morgan fingerprint density at radius 1 is 1.00 bits per heavy atom. The van der Waals surface area contributed by atoms with Crippen LogP contribution in [0.15, 0.2) is 35.6 Å². The van der Waals surface area contributed by atoms with E-state index < -0.39 is 35.4 Å². The van der Waals surface area contributed by atoms with Crippen LogP contribution in [0.25, 0.3) is 0 Å². The van der Waals surface area contributed by atoms with Gasteiger partial charge >= 0.3 is 0 Å². The predicted molar refractivity (Wildman–Crippen MR) is 60.4 cm³/mol. The fourth-order valence-electron chi connectivity index (χ4n) is 0.875.